The molecule has 2 aromatic carbocycles. The third-order valence-electron chi connectivity index (χ3n) is 3.35. The summed E-state index contributed by atoms with van der Waals surface area (Å²) in [6.45, 7) is 2.62. The minimum absolute atomic E-state index is 0.283. The van der Waals surface area contributed by atoms with E-state index in [9.17, 15) is 4.79 Å². The Hall–Kier alpha value is -2.20. The fraction of sp³-hybridized carbons (Fsp3) is 0.235. The van der Waals surface area contributed by atoms with Gasteiger partial charge >= 0.3 is 6.03 Å². The van der Waals surface area contributed by atoms with Gasteiger partial charge in [-0.2, -0.15) is 0 Å². The van der Waals surface area contributed by atoms with E-state index in [0.29, 0.717) is 23.0 Å². The van der Waals surface area contributed by atoms with E-state index in [0.717, 1.165) is 6.42 Å². The second-order valence-electron chi connectivity index (χ2n) is 4.90. The van der Waals surface area contributed by atoms with Crippen molar-refractivity contribution in [3.63, 3.8) is 0 Å². The lowest BCUT2D eigenvalue weighted by Crippen LogP contribution is -2.30. The molecule has 116 valence electrons. The van der Waals surface area contributed by atoms with E-state index in [1.807, 2.05) is 12.1 Å². The number of hydrogen-bond donors (Lipinski definition) is 2. The monoisotopic (exact) mass is 318 g/mol. The molecule has 5 heteroatoms. The summed E-state index contributed by atoms with van der Waals surface area (Å²) in [5.41, 5.74) is 2.99. The molecule has 2 aromatic rings. The molecule has 0 saturated carbocycles. The van der Waals surface area contributed by atoms with Crippen molar-refractivity contribution in [1.29, 1.82) is 0 Å². The lowest BCUT2D eigenvalue weighted by Gasteiger charge is -2.12. The number of amides is 2. The third-order valence-corrected chi connectivity index (χ3v) is 3.59. The predicted molar refractivity (Wildman–Crippen MR) is 89.9 cm³/mol. The van der Waals surface area contributed by atoms with Gasteiger partial charge in [-0.1, -0.05) is 35.9 Å². The van der Waals surface area contributed by atoms with Crippen molar-refractivity contribution < 1.29 is 9.53 Å². The SMILES string of the molecule is COc1ccc(Cl)cc1NC(=O)NCCc1ccccc1C. The van der Waals surface area contributed by atoms with Crippen LogP contribution in [0, 0.1) is 6.92 Å². The van der Waals surface area contributed by atoms with Crippen LogP contribution in [0.4, 0.5) is 10.5 Å². The zero-order valence-corrected chi connectivity index (χ0v) is 13.4. The Labute approximate surface area is 135 Å². The molecule has 0 aliphatic rings. The van der Waals surface area contributed by atoms with Crippen LogP contribution >= 0.6 is 11.6 Å². The summed E-state index contributed by atoms with van der Waals surface area (Å²) in [5, 5.41) is 6.11. The number of ether oxygens (including phenoxy) is 1. The molecule has 2 N–H and O–H groups in total. The van der Waals surface area contributed by atoms with Gasteiger partial charge in [0, 0.05) is 11.6 Å². The standard InChI is InChI=1S/C17H19ClN2O2/c1-12-5-3-4-6-13(12)9-10-19-17(21)20-15-11-14(18)7-8-16(15)22-2/h3-8,11H,9-10H2,1-2H3,(H2,19,20,21). The van der Waals surface area contributed by atoms with Gasteiger partial charge in [0.15, 0.2) is 0 Å². The van der Waals surface area contributed by atoms with E-state index >= 15 is 0 Å². The maximum Gasteiger partial charge on any atom is 0.319 e. The Morgan fingerprint density at radius 2 is 2.00 bits per heavy atom. The maximum atomic E-state index is 11.9. The highest BCUT2D eigenvalue weighted by Crippen LogP contribution is 2.27. The molecule has 0 unspecified atom stereocenters. The van der Waals surface area contributed by atoms with Gasteiger partial charge in [-0.15, -0.1) is 0 Å². The molecule has 0 bridgehead atoms. The zero-order chi connectivity index (χ0) is 15.9. The second-order valence-corrected chi connectivity index (χ2v) is 5.34. The number of benzene rings is 2. The molecule has 2 rings (SSSR count). The number of anilines is 1. The first-order valence-electron chi connectivity index (χ1n) is 7.03. The molecule has 0 heterocycles. The molecule has 0 spiro atoms. The van der Waals surface area contributed by atoms with Gasteiger partial charge in [0.2, 0.25) is 0 Å². The van der Waals surface area contributed by atoms with Crippen molar-refractivity contribution in [2.75, 3.05) is 19.0 Å². The number of methoxy groups -OCH3 is 1. The summed E-state index contributed by atoms with van der Waals surface area (Å²) in [4.78, 5) is 11.9. The third kappa shape index (κ3) is 4.40. The van der Waals surface area contributed by atoms with E-state index < -0.39 is 0 Å². The number of carbonyl (C=O) groups excluding carboxylic acids is 1. The second kappa shape index (κ2) is 7.71. The number of hydrogen-bond acceptors (Lipinski definition) is 2. The van der Waals surface area contributed by atoms with Crippen molar-refractivity contribution >= 4 is 23.3 Å². The largest absolute Gasteiger partial charge is 0.495 e. The van der Waals surface area contributed by atoms with Crippen LogP contribution in [0.25, 0.3) is 0 Å². The van der Waals surface area contributed by atoms with Gasteiger partial charge in [-0.05, 0) is 42.7 Å². The van der Waals surface area contributed by atoms with Gasteiger partial charge < -0.3 is 15.4 Å². The molecule has 0 atom stereocenters. The molecule has 0 aliphatic carbocycles. The number of rotatable bonds is 5. The predicted octanol–water partition coefficient (Wildman–Crippen LogP) is 4.02. The van der Waals surface area contributed by atoms with E-state index in [1.54, 1.807) is 25.3 Å². The molecule has 22 heavy (non-hydrogen) atoms. The van der Waals surface area contributed by atoms with Crippen molar-refractivity contribution in [2.45, 2.75) is 13.3 Å². The minimum atomic E-state index is -0.283. The molecular formula is C17H19ClN2O2. The molecule has 4 nitrogen and oxygen atoms in total. The summed E-state index contributed by atoms with van der Waals surface area (Å²) < 4.78 is 5.19. The highest BCUT2D eigenvalue weighted by atomic mass is 35.5. The average Bonchev–Trinajstić information content (AvgIpc) is 2.49. The summed E-state index contributed by atoms with van der Waals surface area (Å²) in [6.07, 6.45) is 0.784. The maximum absolute atomic E-state index is 11.9. The van der Waals surface area contributed by atoms with Crippen LogP contribution in [-0.4, -0.2) is 19.7 Å². The summed E-state index contributed by atoms with van der Waals surface area (Å²) in [5.74, 6) is 0.568. The van der Waals surface area contributed by atoms with Gasteiger partial charge in [0.05, 0.1) is 12.8 Å². The summed E-state index contributed by atoms with van der Waals surface area (Å²) in [6, 6.07) is 12.9. The van der Waals surface area contributed by atoms with Crippen LogP contribution < -0.4 is 15.4 Å². The van der Waals surface area contributed by atoms with Crippen LogP contribution in [0.15, 0.2) is 42.5 Å². The molecule has 0 saturated heterocycles. The molecule has 0 fully saturated rings. The van der Waals surface area contributed by atoms with E-state index in [4.69, 9.17) is 16.3 Å². The Bertz CT molecular complexity index is 659. The van der Waals surface area contributed by atoms with Crippen LogP contribution in [0.5, 0.6) is 5.75 Å². The first kappa shape index (κ1) is 16.2. The molecular weight excluding hydrogens is 300 g/mol. The van der Waals surface area contributed by atoms with Crippen molar-refractivity contribution in [3.05, 3.63) is 58.6 Å². The van der Waals surface area contributed by atoms with Crippen molar-refractivity contribution in [3.8, 4) is 5.75 Å². The number of halogens is 1. The Kier molecular flexibility index (Phi) is 5.67. The number of carbonyl (C=O) groups is 1. The topological polar surface area (TPSA) is 50.4 Å². The fourth-order valence-corrected chi connectivity index (χ4v) is 2.32. The minimum Gasteiger partial charge on any atom is -0.495 e. The van der Waals surface area contributed by atoms with Crippen LogP contribution in [0.3, 0.4) is 0 Å². The molecule has 2 amide bonds. The fourth-order valence-electron chi connectivity index (χ4n) is 2.15. The van der Waals surface area contributed by atoms with Crippen LogP contribution in [0.1, 0.15) is 11.1 Å². The van der Waals surface area contributed by atoms with Crippen LogP contribution in [-0.2, 0) is 6.42 Å². The van der Waals surface area contributed by atoms with Crippen LogP contribution in [0.2, 0.25) is 5.02 Å². The summed E-state index contributed by atoms with van der Waals surface area (Å²) >= 11 is 5.93. The van der Waals surface area contributed by atoms with E-state index in [2.05, 4.69) is 29.7 Å². The number of urea groups is 1. The smallest absolute Gasteiger partial charge is 0.319 e. The first-order valence-corrected chi connectivity index (χ1v) is 7.41. The Morgan fingerprint density at radius 1 is 1.23 bits per heavy atom. The molecule has 0 aliphatic heterocycles. The molecule has 0 radical (unpaired) electrons. The average molecular weight is 319 g/mol. The van der Waals surface area contributed by atoms with Gasteiger partial charge in [0.25, 0.3) is 0 Å². The summed E-state index contributed by atoms with van der Waals surface area (Å²) in [7, 11) is 1.55. The Morgan fingerprint density at radius 3 is 2.73 bits per heavy atom. The lowest BCUT2D eigenvalue weighted by molar-refractivity contribution is 0.252. The quantitative estimate of drug-likeness (QED) is 0.874. The van der Waals surface area contributed by atoms with Crippen molar-refractivity contribution in [1.82, 2.24) is 5.32 Å². The number of nitrogens with one attached hydrogen (secondary N) is 2. The highest BCUT2D eigenvalue weighted by Gasteiger charge is 2.08. The highest BCUT2D eigenvalue weighted by molar-refractivity contribution is 6.31. The number of aryl methyl sites for hydroxylation is 1. The Balaban J connectivity index is 1.88. The van der Waals surface area contributed by atoms with E-state index in [1.165, 1.54) is 11.1 Å². The zero-order valence-electron chi connectivity index (χ0n) is 12.7. The molecule has 0 aromatic heterocycles. The van der Waals surface area contributed by atoms with Crippen molar-refractivity contribution in [2.24, 2.45) is 0 Å². The van der Waals surface area contributed by atoms with Gasteiger partial charge in [-0.3, -0.25) is 0 Å². The van der Waals surface area contributed by atoms with E-state index in [-0.39, 0.29) is 6.03 Å². The van der Waals surface area contributed by atoms with Gasteiger partial charge in [0.1, 0.15) is 5.75 Å². The normalized spacial score (nSPS) is 10.1. The lowest BCUT2D eigenvalue weighted by atomic mass is 10.1. The van der Waals surface area contributed by atoms with Gasteiger partial charge in [-0.25, -0.2) is 4.79 Å². The first-order chi connectivity index (χ1) is 10.6.